The smallest absolute Gasteiger partial charge is 0.343 e. The molecule has 4 aromatic rings. The number of para-hydroxylation sites is 1. The first-order chi connectivity index (χ1) is 17.3. The molecule has 0 aliphatic rings. The molecule has 8 heteroatoms. The molecule has 0 bridgehead atoms. The van der Waals surface area contributed by atoms with Crippen LogP contribution in [0, 0.1) is 0 Å². The van der Waals surface area contributed by atoms with Gasteiger partial charge in [0.15, 0.2) is 11.6 Å². The molecule has 0 radical (unpaired) electrons. The van der Waals surface area contributed by atoms with Gasteiger partial charge in [0.1, 0.15) is 23.7 Å². The lowest BCUT2D eigenvalue weighted by Crippen LogP contribution is -2.17. The zero-order chi connectivity index (χ0) is 25.7. The lowest BCUT2D eigenvalue weighted by Gasteiger charge is -2.19. The van der Waals surface area contributed by atoms with Crippen molar-refractivity contribution in [2.45, 2.75) is 39.7 Å². The SMILES string of the molecule is CCOC(=O)c1cnn(-c2ccccc2)c1NC(=O)c1ccc(COc2ccc(C(C)(C)C)cc2)o1. The lowest BCUT2D eigenvalue weighted by atomic mass is 9.87. The molecule has 2 aromatic heterocycles. The molecule has 8 nitrogen and oxygen atoms in total. The molecule has 4 rings (SSSR count). The molecule has 1 N–H and O–H groups in total. The van der Waals surface area contributed by atoms with E-state index in [2.05, 4.69) is 31.2 Å². The minimum Gasteiger partial charge on any atom is -0.486 e. The maximum Gasteiger partial charge on any atom is 0.343 e. The standard InChI is InChI=1S/C28H29N3O5/c1-5-34-27(33)23-17-29-31(20-9-7-6-8-10-20)25(23)30-26(32)24-16-15-22(36-24)18-35-21-13-11-19(12-14-21)28(2,3)4/h6-17H,5,18H2,1-4H3,(H,30,32). The Morgan fingerprint density at radius 3 is 2.39 bits per heavy atom. The van der Waals surface area contributed by atoms with E-state index in [1.54, 1.807) is 19.1 Å². The summed E-state index contributed by atoms with van der Waals surface area (Å²) in [5.41, 5.74) is 2.09. The molecule has 1 amide bonds. The molecular formula is C28H29N3O5. The number of furan rings is 1. The molecule has 0 saturated heterocycles. The number of nitrogens with zero attached hydrogens (tertiary/aromatic N) is 2. The Kier molecular flexibility index (Phi) is 7.24. The normalized spacial score (nSPS) is 11.2. The number of nitrogens with one attached hydrogen (secondary N) is 1. The predicted octanol–water partition coefficient (Wildman–Crippen LogP) is 5.77. The van der Waals surface area contributed by atoms with Crippen molar-refractivity contribution < 1.29 is 23.5 Å². The first-order valence-electron chi connectivity index (χ1n) is 11.7. The summed E-state index contributed by atoms with van der Waals surface area (Å²) in [7, 11) is 0. The third-order valence-corrected chi connectivity index (χ3v) is 5.48. The summed E-state index contributed by atoms with van der Waals surface area (Å²) in [6, 6.07) is 20.3. The van der Waals surface area contributed by atoms with Crippen LogP contribution in [0.2, 0.25) is 0 Å². The van der Waals surface area contributed by atoms with Crippen LogP contribution in [0.1, 0.15) is 59.9 Å². The largest absolute Gasteiger partial charge is 0.486 e. The molecule has 0 unspecified atom stereocenters. The monoisotopic (exact) mass is 487 g/mol. The number of hydrogen-bond acceptors (Lipinski definition) is 6. The molecule has 0 atom stereocenters. The first kappa shape index (κ1) is 24.8. The van der Waals surface area contributed by atoms with Crippen molar-refractivity contribution in [3.8, 4) is 11.4 Å². The fourth-order valence-electron chi connectivity index (χ4n) is 3.54. The van der Waals surface area contributed by atoms with Crippen molar-refractivity contribution in [1.82, 2.24) is 9.78 Å². The Morgan fingerprint density at radius 1 is 1.00 bits per heavy atom. The van der Waals surface area contributed by atoms with Crippen LogP contribution in [0.15, 0.2) is 77.3 Å². The Morgan fingerprint density at radius 2 is 1.72 bits per heavy atom. The number of rotatable bonds is 8. The minimum atomic E-state index is -0.582. The number of carbonyl (C=O) groups excluding carboxylic acids is 2. The van der Waals surface area contributed by atoms with Gasteiger partial charge in [-0.15, -0.1) is 0 Å². The highest BCUT2D eigenvalue weighted by atomic mass is 16.5. The number of amides is 1. The van der Waals surface area contributed by atoms with Crippen LogP contribution in [0.3, 0.4) is 0 Å². The number of anilines is 1. The Labute approximate surface area is 209 Å². The Bertz CT molecular complexity index is 1330. The molecule has 0 spiro atoms. The van der Waals surface area contributed by atoms with Gasteiger partial charge >= 0.3 is 5.97 Å². The zero-order valence-corrected chi connectivity index (χ0v) is 20.8. The van der Waals surface area contributed by atoms with E-state index in [1.165, 1.54) is 16.4 Å². The summed E-state index contributed by atoms with van der Waals surface area (Å²) >= 11 is 0. The van der Waals surface area contributed by atoms with Crippen LogP contribution in [0.5, 0.6) is 5.75 Å². The van der Waals surface area contributed by atoms with E-state index >= 15 is 0 Å². The van der Waals surface area contributed by atoms with Gasteiger partial charge in [-0.1, -0.05) is 51.1 Å². The van der Waals surface area contributed by atoms with E-state index in [0.717, 1.165) is 0 Å². The lowest BCUT2D eigenvalue weighted by molar-refractivity contribution is 0.0527. The van der Waals surface area contributed by atoms with E-state index < -0.39 is 11.9 Å². The van der Waals surface area contributed by atoms with Crippen molar-refractivity contribution in [3.05, 3.63) is 95.6 Å². The van der Waals surface area contributed by atoms with Gasteiger partial charge in [0.05, 0.1) is 18.5 Å². The minimum absolute atomic E-state index is 0.0604. The van der Waals surface area contributed by atoms with E-state index in [0.29, 0.717) is 17.2 Å². The summed E-state index contributed by atoms with van der Waals surface area (Å²) < 4.78 is 18.1. The number of carbonyl (C=O) groups is 2. The second-order valence-electron chi connectivity index (χ2n) is 9.16. The van der Waals surface area contributed by atoms with Crippen LogP contribution in [-0.2, 0) is 16.8 Å². The molecule has 0 fully saturated rings. The van der Waals surface area contributed by atoms with Crippen molar-refractivity contribution in [2.24, 2.45) is 0 Å². The van der Waals surface area contributed by atoms with Crippen molar-refractivity contribution in [3.63, 3.8) is 0 Å². The topological polar surface area (TPSA) is 95.6 Å². The highest BCUT2D eigenvalue weighted by Crippen LogP contribution is 2.25. The average molecular weight is 488 g/mol. The van der Waals surface area contributed by atoms with Crippen LogP contribution in [0.4, 0.5) is 5.82 Å². The van der Waals surface area contributed by atoms with Gasteiger partial charge in [-0.2, -0.15) is 5.10 Å². The van der Waals surface area contributed by atoms with Gasteiger partial charge in [-0.05, 0) is 54.3 Å². The van der Waals surface area contributed by atoms with Crippen LogP contribution in [0.25, 0.3) is 5.69 Å². The highest BCUT2D eigenvalue weighted by molar-refractivity contribution is 6.06. The summed E-state index contributed by atoms with van der Waals surface area (Å²) in [6.45, 7) is 8.53. The highest BCUT2D eigenvalue weighted by Gasteiger charge is 2.23. The van der Waals surface area contributed by atoms with E-state index in [1.807, 2.05) is 54.6 Å². The second kappa shape index (κ2) is 10.5. The molecule has 0 aliphatic heterocycles. The van der Waals surface area contributed by atoms with E-state index in [-0.39, 0.29) is 35.8 Å². The third-order valence-electron chi connectivity index (χ3n) is 5.48. The number of hydrogen-bond donors (Lipinski definition) is 1. The quantitative estimate of drug-likeness (QED) is 0.317. The number of aromatic nitrogens is 2. The van der Waals surface area contributed by atoms with Gasteiger partial charge in [-0.25, -0.2) is 9.48 Å². The molecule has 186 valence electrons. The molecule has 36 heavy (non-hydrogen) atoms. The van der Waals surface area contributed by atoms with Crippen molar-refractivity contribution in [2.75, 3.05) is 11.9 Å². The number of benzene rings is 2. The fourth-order valence-corrected chi connectivity index (χ4v) is 3.54. The summed E-state index contributed by atoms with van der Waals surface area (Å²) in [5, 5.41) is 7.02. The van der Waals surface area contributed by atoms with Crippen LogP contribution >= 0.6 is 0 Å². The fraction of sp³-hybridized carbons (Fsp3) is 0.250. The third kappa shape index (κ3) is 5.66. The molecule has 0 saturated carbocycles. The Hall–Kier alpha value is -4.33. The van der Waals surface area contributed by atoms with Crippen LogP contribution in [-0.4, -0.2) is 28.3 Å². The summed E-state index contributed by atoms with van der Waals surface area (Å²) in [5.74, 6) is 0.351. The molecular weight excluding hydrogens is 458 g/mol. The van der Waals surface area contributed by atoms with Crippen molar-refractivity contribution in [1.29, 1.82) is 0 Å². The van der Waals surface area contributed by atoms with Gasteiger partial charge in [-0.3, -0.25) is 4.79 Å². The molecule has 2 heterocycles. The first-order valence-corrected chi connectivity index (χ1v) is 11.7. The summed E-state index contributed by atoms with van der Waals surface area (Å²) in [4.78, 5) is 25.5. The summed E-state index contributed by atoms with van der Waals surface area (Å²) in [6.07, 6.45) is 1.37. The average Bonchev–Trinajstić information content (AvgIpc) is 3.51. The number of esters is 1. The zero-order valence-electron chi connectivity index (χ0n) is 20.8. The maximum atomic E-state index is 13.0. The second-order valence-corrected chi connectivity index (χ2v) is 9.16. The molecule has 2 aromatic carbocycles. The van der Waals surface area contributed by atoms with E-state index in [9.17, 15) is 9.59 Å². The maximum absolute atomic E-state index is 13.0. The van der Waals surface area contributed by atoms with Gasteiger partial charge in [0, 0.05) is 0 Å². The Balaban J connectivity index is 1.48. The van der Waals surface area contributed by atoms with Gasteiger partial charge in [0.2, 0.25) is 0 Å². The van der Waals surface area contributed by atoms with E-state index in [4.69, 9.17) is 13.9 Å². The van der Waals surface area contributed by atoms with Gasteiger partial charge < -0.3 is 19.2 Å². The predicted molar refractivity (Wildman–Crippen MR) is 136 cm³/mol. The number of ether oxygens (including phenoxy) is 2. The van der Waals surface area contributed by atoms with Gasteiger partial charge in [0.25, 0.3) is 5.91 Å². The van der Waals surface area contributed by atoms with Crippen molar-refractivity contribution >= 4 is 17.7 Å². The molecule has 0 aliphatic carbocycles. The van der Waals surface area contributed by atoms with Crippen LogP contribution < -0.4 is 10.1 Å².